The molecule has 1 aliphatic heterocycles. The number of ether oxygens (including phenoxy) is 2. The number of nitrogens with zero attached hydrogens (tertiary/aromatic N) is 1. The van der Waals surface area contributed by atoms with Crippen molar-refractivity contribution in [1.29, 1.82) is 0 Å². The van der Waals surface area contributed by atoms with Gasteiger partial charge in [0.1, 0.15) is 5.76 Å². The number of rotatable bonds is 6. The first-order chi connectivity index (χ1) is 12.3. The van der Waals surface area contributed by atoms with Crippen molar-refractivity contribution in [3.63, 3.8) is 0 Å². The molecule has 1 aromatic heterocycles. The quantitative estimate of drug-likeness (QED) is 0.726. The van der Waals surface area contributed by atoms with Gasteiger partial charge in [0, 0.05) is 0 Å². The van der Waals surface area contributed by atoms with Gasteiger partial charge < -0.3 is 13.9 Å². The Balaban J connectivity index is 1.84. The Hall–Kier alpha value is -2.11. The number of terminal acetylenes is 1. The Morgan fingerprint density at radius 2 is 1.81 bits per heavy atom. The molecule has 0 radical (unpaired) electrons. The molecule has 7 heteroatoms. The van der Waals surface area contributed by atoms with Crippen LogP contribution in [-0.4, -0.2) is 32.5 Å². The molecule has 0 amide bonds. The molecule has 1 saturated heterocycles. The summed E-state index contributed by atoms with van der Waals surface area (Å²) in [6.45, 7) is 4.60. The third-order valence-electron chi connectivity index (χ3n) is 4.21. The molecule has 6 nitrogen and oxygen atoms in total. The van der Waals surface area contributed by atoms with E-state index in [1.165, 1.54) is 4.31 Å². The van der Waals surface area contributed by atoms with Crippen LogP contribution in [0.3, 0.4) is 0 Å². The highest BCUT2D eigenvalue weighted by atomic mass is 32.2. The summed E-state index contributed by atoms with van der Waals surface area (Å²) in [5, 5.41) is 0. The van der Waals surface area contributed by atoms with Gasteiger partial charge in [-0.15, -0.1) is 6.42 Å². The monoisotopic (exact) mass is 375 g/mol. The van der Waals surface area contributed by atoms with Crippen molar-refractivity contribution in [2.24, 2.45) is 0 Å². The smallest absolute Gasteiger partial charge is 0.244 e. The Labute approximate surface area is 153 Å². The van der Waals surface area contributed by atoms with Crippen molar-refractivity contribution in [3.05, 3.63) is 53.5 Å². The molecule has 3 rings (SSSR count). The van der Waals surface area contributed by atoms with E-state index in [1.807, 2.05) is 6.92 Å². The zero-order valence-corrected chi connectivity index (χ0v) is 15.6. The molecule has 1 aromatic carbocycles. The van der Waals surface area contributed by atoms with Gasteiger partial charge in [-0.25, -0.2) is 8.42 Å². The highest BCUT2D eigenvalue weighted by Crippen LogP contribution is 2.32. The van der Waals surface area contributed by atoms with E-state index in [0.29, 0.717) is 24.7 Å². The average molecular weight is 375 g/mol. The number of furan rings is 1. The standard InChI is InChI=1S/C19H21NO5S/c1-4-11-20(26(21,22)17-8-5-15(2)6-9-17)14-16-7-10-18(25-16)19(3)23-12-13-24-19/h1,5-10H,11-14H2,2-3H3. The molecule has 2 heterocycles. The summed E-state index contributed by atoms with van der Waals surface area (Å²) in [5.74, 6) is 2.42. The van der Waals surface area contributed by atoms with Crippen LogP contribution in [-0.2, 0) is 31.8 Å². The molecule has 0 spiro atoms. The van der Waals surface area contributed by atoms with Gasteiger partial charge in [0.05, 0.1) is 31.2 Å². The molecule has 0 bridgehead atoms. The molecule has 2 aromatic rings. The van der Waals surface area contributed by atoms with E-state index in [0.717, 1.165) is 5.56 Å². The van der Waals surface area contributed by atoms with Crippen LogP contribution < -0.4 is 0 Å². The van der Waals surface area contributed by atoms with Crippen molar-refractivity contribution in [2.75, 3.05) is 19.8 Å². The fourth-order valence-corrected chi connectivity index (χ4v) is 4.04. The van der Waals surface area contributed by atoms with E-state index in [1.54, 1.807) is 43.3 Å². The Kier molecular flexibility index (Phi) is 5.21. The Bertz CT molecular complexity index is 902. The van der Waals surface area contributed by atoms with Crippen molar-refractivity contribution in [1.82, 2.24) is 4.31 Å². The van der Waals surface area contributed by atoms with Gasteiger partial charge in [-0.1, -0.05) is 23.6 Å². The number of sulfonamides is 1. The summed E-state index contributed by atoms with van der Waals surface area (Å²) in [6.07, 6.45) is 5.38. The average Bonchev–Trinajstić information content (AvgIpc) is 3.25. The minimum Gasteiger partial charge on any atom is -0.459 e. The van der Waals surface area contributed by atoms with E-state index in [4.69, 9.17) is 20.3 Å². The zero-order chi connectivity index (χ0) is 18.8. The third kappa shape index (κ3) is 3.69. The summed E-state index contributed by atoms with van der Waals surface area (Å²) in [4.78, 5) is 0.194. The molecule has 1 fully saturated rings. The lowest BCUT2D eigenvalue weighted by Crippen LogP contribution is -2.31. The summed E-state index contributed by atoms with van der Waals surface area (Å²) in [5.41, 5.74) is 0.980. The van der Waals surface area contributed by atoms with Crippen LogP contribution >= 0.6 is 0 Å². The Morgan fingerprint density at radius 3 is 2.42 bits per heavy atom. The molecular weight excluding hydrogens is 354 g/mol. The van der Waals surface area contributed by atoms with Crippen LogP contribution in [0.5, 0.6) is 0 Å². The molecular formula is C19H21NO5S. The second kappa shape index (κ2) is 7.25. The Morgan fingerprint density at radius 1 is 1.15 bits per heavy atom. The number of hydrogen-bond acceptors (Lipinski definition) is 5. The maximum Gasteiger partial charge on any atom is 0.244 e. The van der Waals surface area contributed by atoms with Crippen LogP contribution in [0.2, 0.25) is 0 Å². The van der Waals surface area contributed by atoms with Crippen molar-refractivity contribution < 1.29 is 22.3 Å². The minimum atomic E-state index is -3.73. The maximum absolute atomic E-state index is 12.9. The lowest BCUT2D eigenvalue weighted by atomic mass is 10.2. The fourth-order valence-electron chi connectivity index (χ4n) is 2.72. The highest BCUT2D eigenvalue weighted by molar-refractivity contribution is 7.89. The highest BCUT2D eigenvalue weighted by Gasteiger charge is 2.36. The first-order valence-electron chi connectivity index (χ1n) is 8.22. The van der Waals surface area contributed by atoms with E-state index >= 15 is 0 Å². The normalized spacial score (nSPS) is 16.7. The van der Waals surface area contributed by atoms with Crippen molar-refractivity contribution in [2.45, 2.75) is 31.1 Å². The van der Waals surface area contributed by atoms with Gasteiger partial charge in [0.15, 0.2) is 5.76 Å². The van der Waals surface area contributed by atoms with E-state index in [9.17, 15) is 8.42 Å². The van der Waals surface area contributed by atoms with E-state index < -0.39 is 15.8 Å². The maximum atomic E-state index is 12.9. The summed E-state index contributed by atoms with van der Waals surface area (Å²) >= 11 is 0. The molecule has 0 atom stereocenters. The van der Waals surface area contributed by atoms with Crippen LogP contribution in [0.15, 0.2) is 45.7 Å². The van der Waals surface area contributed by atoms with Crippen molar-refractivity contribution in [3.8, 4) is 12.3 Å². The summed E-state index contributed by atoms with van der Waals surface area (Å²) in [6, 6.07) is 10.1. The fraction of sp³-hybridized carbons (Fsp3) is 0.368. The molecule has 0 N–H and O–H groups in total. The molecule has 0 aliphatic carbocycles. The second-order valence-corrected chi connectivity index (χ2v) is 8.14. The van der Waals surface area contributed by atoms with Crippen LogP contribution in [0.4, 0.5) is 0 Å². The first kappa shape index (κ1) is 18.7. The molecule has 138 valence electrons. The largest absolute Gasteiger partial charge is 0.459 e. The predicted octanol–water partition coefficient (Wildman–Crippen LogP) is 2.63. The van der Waals surface area contributed by atoms with Crippen LogP contribution in [0.25, 0.3) is 0 Å². The van der Waals surface area contributed by atoms with Gasteiger partial charge in [0.25, 0.3) is 0 Å². The lowest BCUT2D eigenvalue weighted by molar-refractivity contribution is -0.163. The zero-order valence-electron chi connectivity index (χ0n) is 14.8. The number of hydrogen-bond donors (Lipinski definition) is 0. The van der Waals surface area contributed by atoms with E-state index in [2.05, 4.69) is 5.92 Å². The van der Waals surface area contributed by atoms with Crippen molar-refractivity contribution >= 4 is 10.0 Å². The number of benzene rings is 1. The molecule has 1 aliphatic rings. The third-order valence-corrected chi connectivity index (χ3v) is 6.01. The molecule has 26 heavy (non-hydrogen) atoms. The second-order valence-electron chi connectivity index (χ2n) is 6.20. The predicted molar refractivity (Wildman–Crippen MR) is 95.6 cm³/mol. The summed E-state index contributed by atoms with van der Waals surface area (Å²) in [7, 11) is -3.73. The van der Waals surface area contributed by atoms with Crippen LogP contribution in [0, 0.1) is 19.3 Å². The SMILES string of the molecule is C#CCN(Cc1ccc(C2(C)OCCO2)o1)S(=O)(=O)c1ccc(C)cc1. The topological polar surface area (TPSA) is 69.0 Å². The minimum absolute atomic E-state index is 0.0243. The molecule has 0 saturated carbocycles. The van der Waals surface area contributed by atoms with Gasteiger partial charge in [-0.05, 0) is 38.1 Å². The number of aryl methyl sites for hydroxylation is 1. The summed E-state index contributed by atoms with van der Waals surface area (Å²) < 4.78 is 43.9. The van der Waals surface area contributed by atoms with Crippen LogP contribution in [0.1, 0.15) is 24.0 Å². The van der Waals surface area contributed by atoms with Gasteiger partial charge >= 0.3 is 0 Å². The molecule has 0 unspecified atom stereocenters. The first-order valence-corrected chi connectivity index (χ1v) is 9.66. The van der Waals surface area contributed by atoms with Gasteiger partial charge in [-0.3, -0.25) is 0 Å². The lowest BCUT2D eigenvalue weighted by Gasteiger charge is -2.20. The van der Waals surface area contributed by atoms with E-state index in [-0.39, 0.29) is 18.0 Å². The van der Waals surface area contributed by atoms with Gasteiger partial charge in [0.2, 0.25) is 15.8 Å². The van der Waals surface area contributed by atoms with Gasteiger partial charge in [-0.2, -0.15) is 4.31 Å².